The number of rotatable bonds is 3. The molecule has 1 aromatic heterocycles. The minimum Gasteiger partial charge on any atom is -0.478 e. The number of nitrogens with zero attached hydrogens (tertiary/aromatic N) is 3. The molecule has 0 aliphatic carbocycles. The minimum absolute atomic E-state index is 0.0515. The number of aromatic nitrogens is 3. The van der Waals surface area contributed by atoms with Crippen LogP contribution in [0.4, 0.5) is 16.4 Å². The molecule has 10 heteroatoms. The van der Waals surface area contributed by atoms with Crippen LogP contribution < -0.4 is 10.6 Å². The third-order valence-corrected chi connectivity index (χ3v) is 3.54. The van der Waals surface area contributed by atoms with Crippen LogP contribution in [0.25, 0.3) is 0 Å². The molecule has 0 atom stereocenters. The van der Waals surface area contributed by atoms with Gasteiger partial charge in [-0.25, -0.2) is 14.3 Å². The van der Waals surface area contributed by atoms with Gasteiger partial charge in [-0.05, 0) is 28.1 Å². The molecule has 3 N–H and O–H groups in total. The Morgan fingerprint density at radius 2 is 2.00 bits per heavy atom. The zero-order chi connectivity index (χ0) is 15.6. The van der Waals surface area contributed by atoms with Crippen molar-refractivity contribution in [1.29, 1.82) is 0 Å². The Labute approximate surface area is 135 Å². The Morgan fingerprint density at radius 3 is 2.57 bits per heavy atom. The number of urea groups is 1. The number of halogens is 2. The van der Waals surface area contributed by atoms with E-state index in [4.69, 9.17) is 0 Å². The van der Waals surface area contributed by atoms with E-state index in [-0.39, 0.29) is 17.2 Å². The molecular formula is C11H9Br2N5O3. The number of aryl methyl sites for hydroxylation is 1. The summed E-state index contributed by atoms with van der Waals surface area (Å²) in [6.45, 7) is 0. The molecule has 0 radical (unpaired) electrons. The van der Waals surface area contributed by atoms with Gasteiger partial charge in [-0.1, -0.05) is 15.9 Å². The number of hydrogen-bond donors (Lipinski definition) is 3. The first-order valence-electron chi connectivity index (χ1n) is 5.53. The fraction of sp³-hybridized carbons (Fsp3) is 0.0909. The number of carboxylic acids is 1. The van der Waals surface area contributed by atoms with E-state index in [0.717, 1.165) is 0 Å². The van der Waals surface area contributed by atoms with Crippen LogP contribution in [0, 0.1) is 0 Å². The summed E-state index contributed by atoms with van der Waals surface area (Å²) in [5.74, 6) is -0.927. The summed E-state index contributed by atoms with van der Waals surface area (Å²) in [4.78, 5) is 27.0. The van der Waals surface area contributed by atoms with E-state index < -0.39 is 12.0 Å². The van der Waals surface area contributed by atoms with Crippen molar-refractivity contribution in [3.63, 3.8) is 0 Å². The van der Waals surface area contributed by atoms with E-state index in [9.17, 15) is 14.7 Å². The van der Waals surface area contributed by atoms with Crippen LogP contribution in [-0.4, -0.2) is 31.9 Å². The van der Waals surface area contributed by atoms with Crippen LogP contribution in [0.5, 0.6) is 0 Å². The molecule has 0 saturated carbocycles. The van der Waals surface area contributed by atoms with Crippen molar-refractivity contribution in [3.8, 4) is 0 Å². The fourth-order valence-electron chi connectivity index (χ4n) is 1.53. The van der Waals surface area contributed by atoms with E-state index >= 15 is 0 Å². The maximum atomic E-state index is 11.9. The summed E-state index contributed by atoms with van der Waals surface area (Å²) in [5.41, 5.74) is 0.0923. The number of amides is 2. The number of hydrogen-bond acceptors (Lipinski definition) is 4. The van der Waals surface area contributed by atoms with Gasteiger partial charge in [-0.3, -0.25) is 5.32 Å². The second-order valence-corrected chi connectivity index (χ2v) is 5.67. The lowest BCUT2D eigenvalue weighted by molar-refractivity contribution is 0.0698. The van der Waals surface area contributed by atoms with Gasteiger partial charge in [0, 0.05) is 16.0 Å². The third-order valence-electron chi connectivity index (χ3n) is 2.46. The first-order valence-corrected chi connectivity index (χ1v) is 7.11. The van der Waals surface area contributed by atoms with Gasteiger partial charge in [0.2, 0.25) is 5.95 Å². The number of carbonyl (C=O) groups is 2. The number of benzene rings is 1. The van der Waals surface area contributed by atoms with Crippen molar-refractivity contribution in [3.05, 3.63) is 33.0 Å². The molecule has 0 saturated heterocycles. The lowest BCUT2D eigenvalue weighted by Gasteiger charge is -2.12. The second-order valence-electron chi connectivity index (χ2n) is 3.90. The van der Waals surface area contributed by atoms with Crippen LogP contribution in [0.1, 0.15) is 10.4 Å². The van der Waals surface area contributed by atoms with Gasteiger partial charge < -0.3 is 10.4 Å². The van der Waals surface area contributed by atoms with Gasteiger partial charge in [-0.2, -0.15) is 10.1 Å². The van der Waals surface area contributed by atoms with Crippen molar-refractivity contribution in [2.75, 3.05) is 10.6 Å². The number of carbonyl (C=O) groups excluding carboxylic acids is 1. The molecule has 0 aliphatic rings. The highest BCUT2D eigenvalue weighted by Crippen LogP contribution is 2.31. The van der Waals surface area contributed by atoms with Gasteiger partial charge in [-0.15, -0.1) is 0 Å². The molecule has 0 unspecified atom stereocenters. The van der Waals surface area contributed by atoms with Crippen LogP contribution in [0.2, 0.25) is 0 Å². The van der Waals surface area contributed by atoms with Crippen LogP contribution >= 0.6 is 31.9 Å². The average Bonchev–Trinajstić information content (AvgIpc) is 2.77. The van der Waals surface area contributed by atoms with Gasteiger partial charge in [0.1, 0.15) is 6.33 Å². The molecule has 0 aliphatic heterocycles. The minimum atomic E-state index is -1.16. The zero-order valence-corrected chi connectivity index (χ0v) is 13.8. The van der Waals surface area contributed by atoms with Crippen molar-refractivity contribution >= 4 is 55.5 Å². The van der Waals surface area contributed by atoms with Crippen LogP contribution in [0.15, 0.2) is 27.4 Å². The molecule has 2 rings (SSSR count). The molecule has 0 spiro atoms. The number of anilines is 2. The number of carboxylic acid groups (broad SMARTS) is 1. The Balaban J connectivity index is 2.25. The largest absolute Gasteiger partial charge is 0.478 e. The normalized spacial score (nSPS) is 10.2. The van der Waals surface area contributed by atoms with Gasteiger partial charge >= 0.3 is 12.0 Å². The lowest BCUT2D eigenvalue weighted by Crippen LogP contribution is -2.23. The van der Waals surface area contributed by atoms with E-state index in [1.165, 1.54) is 17.1 Å². The quantitative estimate of drug-likeness (QED) is 0.709. The summed E-state index contributed by atoms with van der Waals surface area (Å²) in [5, 5.41) is 17.9. The highest BCUT2D eigenvalue weighted by Gasteiger charge is 2.17. The SMILES string of the molecule is Cn1ncnc1NC(=O)Nc1c(Br)cc(Br)cc1C(=O)O. The van der Waals surface area contributed by atoms with E-state index in [1.807, 2.05) is 0 Å². The molecule has 110 valence electrons. The highest BCUT2D eigenvalue weighted by molar-refractivity contribution is 9.11. The third kappa shape index (κ3) is 3.58. The topological polar surface area (TPSA) is 109 Å². The van der Waals surface area contributed by atoms with Crippen molar-refractivity contribution in [2.24, 2.45) is 7.05 Å². The van der Waals surface area contributed by atoms with E-state index in [2.05, 4.69) is 52.6 Å². The Bertz CT molecular complexity index is 716. The van der Waals surface area contributed by atoms with Gasteiger partial charge in [0.15, 0.2) is 0 Å². The summed E-state index contributed by atoms with van der Waals surface area (Å²) < 4.78 is 2.38. The van der Waals surface area contributed by atoms with Gasteiger partial charge in [0.25, 0.3) is 0 Å². The molecule has 1 heterocycles. The standard InChI is InChI=1S/C11H9Br2N5O3/c1-18-10(14-4-15-18)17-11(21)16-8-6(9(19)20)2-5(12)3-7(8)13/h2-4H,1H3,(H,19,20)(H2,14,15,16,17,21). The molecule has 8 nitrogen and oxygen atoms in total. The second kappa shape index (κ2) is 6.22. The van der Waals surface area contributed by atoms with Crippen LogP contribution in [-0.2, 0) is 7.05 Å². The maximum Gasteiger partial charge on any atom is 0.337 e. The van der Waals surface area contributed by atoms with E-state index in [0.29, 0.717) is 8.95 Å². The summed E-state index contributed by atoms with van der Waals surface area (Å²) in [6, 6.07) is 2.40. The van der Waals surface area contributed by atoms with Gasteiger partial charge in [0.05, 0.1) is 11.3 Å². The monoisotopic (exact) mass is 417 g/mol. The predicted molar refractivity (Wildman–Crippen MR) is 82.4 cm³/mol. The fourth-order valence-corrected chi connectivity index (χ4v) is 2.85. The van der Waals surface area contributed by atoms with Crippen molar-refractivity contribution in [2.45, 2.75) is 0 Å². The number of nitrogens with one attached hydrogen (secondary N) is 2. The van der Waals surface area contributed by atoms with Crippen molar-refractivity contribution in [1.82, 2.24) is 14.8 Å². The van der Waals surface area contributed by atoms with Crippen LogP contribution in [0.3, 0.4) is 0 Å². The summed E-state index contributed by atoms with van der Waals surface area (Å²) >= 11 is 6.41. The molecule has 1 aromatic carbocycles. The van der Waals surface area contributed by atoms with Crippen molar-refractivity contribution < 1.29 is 14.7 Å². The highest BCUT2D eigenvalue weighted by atomic mass is 79.9. The molecule has 2 aromatic rings. The molecule has 0 bridgehead atoms. The zero-order valence-electron chi connectivity index (χ0n) is 10.6. The lowest BCUT2D eigenvalue weighted by atomic mass is 10.2. The summed E-state index contributed by atoms with van der Waals surface area (Å²) in [7, 11) is 1.61. The molecule has 21 heavy (non-hydrogen) atoms. The Kier molecular flexibility index (Phi) is 4.58. The predicted octanol–water partition coefficient (Wildman–Crippen LogP) is 2.68. The first-order chi connectivity index (χ1) is 9.88. The van der Waals surface area contributed by atoms with E-state index in [1.54, 1.807) is 13.1 Å². The number of aromatic carboxylic acids is 1. The average molecular weight is 419 g/mol. The Hall–Kier alpha value is -1.94. The summed E-state index contributed by atoms with van der Waals surface area (Å²) in [6.07, 6.45) is 1.29. The first kappa shape index (κ1) is 15.4. The molecular weight excluding hydrogens is 410 g/mol. The maximum absolute atomic E-state index is 11.9. The Morgan fingerprint density at radius 1 is 1.29 bits per heavy atom. The smallest absolute Gasteiger partial charge is 0.337 e. The molecule has 2 amide bonds. The molecule has 0 fully saturated rings.